The molecular weight excluding hydrogens is 264 g/mol. The molecule has 3 heteroatoms. The summed E-state index contributed by atoms with van der Waals surface area (Å²) in [4.78, 5) is 2.24. The van der Waals surface area contributed by atoms with Crippen molar-refractivity contribution < 1.29 is 0 Å². The first kappa shape index (κ1) is 13.7. The van der Waals surface area contributed by atoms with Gasteiger partial charge < -0.3 is 10.2 Å². The molecule has 1 rings (SSSR count). The molecule has 0 aliphatic rings. The lowest BCUT2D eigenvalue weighted by molar-refractivity contribution is 0.190. The largest absolute Gasteiger partial charge is 0.311 e. The highest BCUT2D eigenvalue weighted by Gasteiger charge is 2.19. The van der Waals surface area contributed by atoms with Crippen molar-refractivity contribution in [2.45, 2.75) is 25.9 Å². The molecule has 0 amide bonds. The molecule has 0 heterocycles. The van der Waals surface area contributed by atoms with Crippen molar-refractivity contribution in [1.29, 1.82) is 0 Å². The third-order valence-corrected chi connectivity index (χ3v) is 3.48. The van der Waals surface area contributed by atoms with Crippen LogP contribution in [0, 0.1) is 0 Å². The highest BCUT2D eigenvalue weighted by atomic mass is 79.9. The van der Waals surface area contributed by atoms with Crippen LogP contribution in [-0.4, -0.2) is 31.1 Å². The summed E-state index contributed by atoms with van der Waals surface area (Å²) in [7, 11) is 4.22. The molecule has 90 valence electrons. The van der Waals surface area contributed by atoms with Crippen molar-refractivity contribution in [3.05, 3.63) is 34.3 Å². The minimum absolute atomic E-state index is 0.187. The number of nitrogens with one attached hydrogen (secondary N) is 1. The third-order valence-electron chi connectivity index (χ3n) is 2.99. The zero-order valence-electron chi connectivity index (χ0n) is 10.5. The Bertz CT molecular complexity index is 334. The molecular formula is C13H21BrN2. The molecule has 0 saturated heterocycles. The van der Waals surface area contributed by atoms with Gasteiger partial charge in [-0.1, -0.05) is 28.1 Å². The monoisotopic (exact) mass is 284 g/mol. The van der Waals surface area contributed by atoms with Crippen molar-refractivity contribution >= 4 is 15.9 Å². The van der Waals surface area contributed by atoms with Crippen LogP contribution >= 0.6 is 15.9 Å². The summed E-state index contributed by atoms with van der Waals surface area (Å²) >= 11 is 3.48. The van der Waals surface area contributed by atoms with E-state index in [-0.39, 0.29) is 5.54 Å². The van der Waals surface area contributed by atoms with E-state index in [4.69, 9.17) is 0 Å². The van der Waals surface area contributed by atoms with Crippen LogP contribution in [0.1, 0.15) is 19.4 Å². The number of halogens is 1. The maximum Gasteiger partial charge on any atom is 0.0271 e. The fraction of sp³-hybridized carbons (Fsp3) is 0.538. The van der Waals surface area contributed by atoms with Crippen LogP contribution in [0.25, 0.3) is 0 Å². The Hall–Kier alpha value is -0.380. The standard InChI is InChI=1S/C13H21BrN2/c1-13(2,16(3)4)10-15-9-11-6-5-7-12(14)8-11/h5-8,15H,9-10H2,1-4H3. The molecule has 0 atom stereocenters. The smallest absolute Gasteiger partial charge is 0.0271 e. The third kappa shape index (κ3) is 4.24. The minimum Gasteiger partial charge on any atom is -0.311 e. The van der Waals surface area contributed by atoms with Gasteiger partial charge in [0.1, 0.15) is 0 Å². The van der Waals surface area contributed by atoms with E-state index in [1.54, 1.807) is 0 Å². The number of likely N-dealkylation sites (N-methyl/N-ethyl adjacent to an activating group) is 1. The van der Waals surface area contributed by atoms with E-state index in [2.05, 4.69) is 72.3 Å². The zero-order valence-corrected chi connectivity index (χ0v) is 12.1. The van der Waals surface area contributed by atoms with Crippen LogP contribution in [0.5, 0.6) is 0 Å². The minimum atomic E-state index is 0.187. The first-order valence-corrected chi connectivity index (χ1v) is 6.34. The fourth-order valence-electron chi connectivity index (χ4n) is 1.32. The molecule has 16 heavy (non-hydrogen) atoms. The Morgan fingerprint density at radius 2 is 2.00 bits per heavy atom. The quantitative estimate of drug-likeness (QED) is 0.895. The molecule has 2 nitrogen and oxygen atoms in total. The van der Waals surface area contributed by atoms with Crippen molar-refractivity contribution in [3.8, 4) is 0 Å². The number of hydrogen-bond donors (Lipinski definition) is 1. The molecule has 1 aromatic carbocycles. The van der Waals surface area contributed by atoms with Crippen LogP contribution in [0.4, 0.5) is 0 Å². The van der Waals surface area contributed by atoms with Gasteiger partial charge in [0.2, 0.25) is 0 Å². The van der Waals surface area contributed by atoms with Gasteiger partial charge in [0.05, 0.1) is 0 Å². The van der Waals surface area contributed by atoms with Gasteiger partial charge in [-0.15, -0.1) is 0 Å². The number of nitrogens with zero attached hydrogens (tertiary/aromatic N) is 1. The summed E-state index contributed by atoms with van der Waals surface area (Å²) in [5.41, 5.74) is 1.50. The summed E-state index contributed by atoms with van der Waals surface area (Å²) in [5.74, 6) is 0. The molecule has 0 unspecified atom stereocenters. The van der Waals surface area contributed by atoms with E-state index >= 15 is 0 Å². The summed E-state index contributed by atoms with van der Waals surface area (Å²) in [6.45, 7) is 6.37. The molecule has 0 bridgehead atoms. The summed E-state index contributed by atoms with van der Waals surface area (Å²) in [6, 6.07) is 8.40. The predicted molar refractivity (Wildman–Crippen MR) is 73.6 cm³/mol. The Morgan fingerprint density at radius 1 is 1.31 bits per heavy atom. The molecule has 0 fully saturated rings. The highest BCUT2D eigenvalue weighted by molar-refractivity contribution is 9.10. The van der Waals surface area contributed by atoms with E-state index in [9.17, 15) is 0 Å². The van der Waals surface area contributed by atoms with Gasteiger partial charge in [0.15, 0.2) is 0 Å². The van der Waals surface area contributed by atoms with Gasteiger partial charge >= 0.3 is 0 Å². The second-order valence-corrected chi connectivity index (χ2v) is 5.86. The van der Waals surface area contributed by atoms with Crippen LogP contribution < -0.4 is 5.32 Å². The SMILES string of the molecule is CN(C)C(C)(C)CNCc1cccc(Br)c1. The van der Waals surface area contributed by atoms with Gasteiger partial charge in [-0.05, 0) is 45.6 Å². The van der Waals surface area contributed by atoms with E-state index < -0.39 is 0 Å². The number of benzene rings is 1. The first-order chi connectivity index (χ1) is 7.42. The summed E-state index contributed by atoms with van der Waals surface area (Å²) in [5, 5.41) is 3.49. The van der Waals surface area contributed by atoms with Gasteiger partial charge in [0, 0.05) is 23.1 Å². The highest BCUT2D eigenvalue weighted by Crippen LogP contribution is 2.12. The molecule has 0 aromatic heterocycles. The predicted octanol–water partition coefficient (Wildman–Crippen LogP) is 2.88. The average molecular weight is 285 g/mol. The maximum absolute atomic E-state index is 3.49. The van der Waals surface area contributed by atoms with E-state index in [1.165, 1.54) is 5.56 Å². The van der Waals surface area contributed by atoms with E-state index in [1.807, 2.05) is 6.07 Å². The van der Waals surface area contributed by atoms with Crippen LogP contribution in [0.2, 0.25) is 0 Å². The van der Waals surface area contributed by atoms with E-state index in [0.29, 0.717) is 0 Å². The lowest BCUT2D eigenvalue weighted by Gasteiger charge is -2.32. The number of hydrogen-bond acceptors (Lipinski definition) is 2. The molecule has 0 spiro atoms. The topological polar surface area (TPSA) is 15.3 Å². The van der Waals surface area contributed by atoms with Crippen LogP contribution in [-0.2, 0) is 6.54 Å². The van der Waals surface area contributed by atoms with Crippen molar-refractivity contribution in [3.63, 3.8) is 0 Å². The summed E-state index contributed by atoms with van der Waals surface area (Å²) < 4.78 is 1.14. The van der Waals surface area contributed by atoms with Crippen molar-refractivity contribution in [2.75, 3.05) is 20.6 Å². The number of rotatable bonds is 5. The molecule has 0 aliphatic heterocycles. The fourth-order valence-corrected chi connectivity index (χ4v) is 1.76. The first-order valence-electron chi connectivity index (χ1n) is 5.54. The normalized spacial score (nSPS) is 12.1. The second kappa shape index (κ2) is 5.80. The van der Waals surface area contributed by atoms with E-state index in [0.717, 1.165) is 17.6 Å². The molecule has 1 N–H and O–H groups in total. The average Bonchev–Trinajstić information content (AvgIpc) is 2.17. The van der Waals surface area contributed by atoms with Gasteiger partial charge in [0.25, 0.3) is 0 Å². The van der Waals surface area contributed by atoms with Crippen molar-refractivity contribution in [2.24, 2.45) is 0 Å². The van der Waals surface area contributed by atoms with Gasteiger partial charge in [-0.3, -0.25) is 0 Å². The Labute approximate surface area is 107 Å². The zero-order chi connectivity index (χ0) is 12.2. The van der Waals surface area contributed by atoms with Crippen LogP contribution in [0.3, 0.4) is 0 Å². The molecule has 0 saturated carbocycles. The molecule has 1 aromatic rings. The second-order valence-electron chi connectivity index (χ2n) is 4.94. The Morgan fingerprint density at radius 3 is 2.56 bits per heavy atom. The Kier molecular flexibility index (Phi) is 4.96. The van der Waals surface area contributed by atoms with Gasteiger partial charge in [-0.25, -0.2) is 0 Å². The van der Waals surface area contributed by atoms with Crippen molar-refractivity contribution in [1.82, 2.24) is 10.2 Å². The van der Waals surface area contributed by atoms with Gasteiger partial charge in [-0.2, -0.15) is 0 Å². The Balaban J connectivity index is 2.42. The lowest BCUT2D eigenvalue weighted by Crippen LogP contribution is -2.46. The lowest BCUT2D eigenvalue weighted by atomic mass is 10.0. The summed E-state index contributed by atoms with van der Waals surface area (Å²) in [6.07, 6.45) is 0. The molecule has 0 radical (unpaired) electrons. The van der Waals surface area contributed by atoms with Crippen LogP contribution in [0.15, 0.2) is 28.7 Å². The maximum atomic E-state index is 3.49. The molecule has 0 aliphatic carbocycles.